The second-order valence-corrected chi connectivity index (χ2v) is 14.0. The van der Waals surface area contributed by atoms with E-state index < -0.39 is 0 Å². The quantitative estimate of drug-likeness (QED) is 0.0870. The third-order valence-electron chi connectivity index (χ3n) is 7.51. The average Bonchev–Trinajstić information content (AvgIpc) is 3.42. The van der Waals surface area contributed by atoms with E-state index in [0.717, 1.165) is 54.4 Å². The number of fused-ring (bicyclic) bond motifs is 2. The molecule has 1 fully saturated rings. The Morgan fingerprint density at radius 1 is 1.05 bits per heavy atom. The summed E-state index contributed by atoms with van der Waals surface area (Å²) in [5.41, 5.74) is 11.1. The lowest BCUT2D eigenvalue weighted by Crippen LogP contribution is -3.69. The normalized spacial score (nSPS) is 15.9. The van der Waals surface area contributed by atoms with Gasteiger partial charge in [-0.15, -0.1) is 0 Å². The van der Waals surface area contributed by atoms with E-state index >= 15 is 0 Å². The molecule has 0 amide bonds. The summed E-state index contributed by atoms with van der Waals surface area (Å²) in [4.78, 5) is 25.4. The molecule has 0 saturated carbocycles. The zero-order valence-corrected chi connectivity index (χ0v) is 27.6. The fourth-order valence-corrected chi connectivity index (χ4v) is 7.62. The van der Waals surface area contributed by atoms with Crippen LogP contribution in [-0.2, 0) is 17.7 Å². The van der Waals surface area contributed by atoms with Gasteiger partial charge in [-0.1, -0.05) is 43.9 Å². The van der Waals surface area contributed by atoms with Crippen molar-refractivity contribution < 1.29 is 26.2 Å². The molecule has 4 aromatic rings. The number of nitrogens with zero attached hydrogens (tertiary/aromatic N) is 8. The second-order valence-electron chi connectivity index (χ2n) is 10.3. The molecule has 0 spiro atoms. The molecule has 2 N–H and O–H groups in total. The van der Waals surface area contributed by atoms with Gasteiger partial charge in [0.15, 0.2) is 0 Å². The number of halogens is 2. The van der Waals surface area contributed by atoms with Gasteiger partial charge in [0.1, 0.15) is 5.82 Å². The van der Waals surface area contributed by atoms with Crippen LogP contribution >= 0.6 is 22.6 Å². The summed E-state index contributed by atoms with van der Waals surface area (Å²) in [5.74, 6) is 1.83. The molecule has 2 aromatic heterocycles. The number of benzene rings is 2. The van der Waals surface area contributed by atoms with Gasteiger partial charge in [0.2, 0.25) is 16.4 Å². The van der Waals surface area contributed by atoms with Gasteiger partial charge in [0, 0.05) is 69.5 Å². The van der Waals surface area contributed by atoms with Gasteiger partial charge < -0.3 is 20.3 Å². The highest BCUT2D eigenvalue weighted by molar-refractivity contribution is 14.1. The van der Waals surface area contributed by atoms with Gasteiger partial charge in [0.25, 0.3) is 0 Å². The van der Waals surface area contributed by atoms with Crippen molar-refractivity contribution >= 4 is 56.8 Å². The number of alkyl halides is 2. The molecule has 6 rings (SSSR count). The van der Waals surface area contributed by atoms with Gasteiger partial charge in [0.05, 0.1) is 23.5 Å². The molecule has 0 bridgehead atoms. The number of likely N-dealkylation sites (N-methyl/N-ethyl adjacent to an activating group) is 2. The van der Waals surface area contributed by atoms with Crippen LogP contribution in [0.5, 0.6) is 0 Å². The van der Waals surface area contributed by atoms with Gasteiger partial charge in [-0.3, -0.25) is 4.90 Å². The van der Waals surface area contributed by atoms with Crippen molar-refractivity contribution in [2.45, 2.75) is 13.0 Å². The van der Waals surface area contributed by atoms with Crippen LogP contribution in [0.2, 0.25) is 0 Å². The molecule has 41 heavy (non-hydrogen) atoms. The fraction of sp³-hybridized carbons (Fsp3) is 0.379. The Balaban J connectivity index is 1.30. The van der Waals surface area contributed by atoms with E-state index in [9.17, 15) is 0 Å². The Hall–Kier alpha value is -2.40. The zero-order valence-electron chi connectivity index (χ0n) is 23.3. The molecular weight excluding hydrogens is 744 g/mol. The van der Waals surface area contributed by atoms with Gasteiger partial charge >= 0.3 is 21.5 Å². The van der Waals surface area contributed by atoms with Crippen molar-refractivity contribution in [3.05, 3.63) is 59.9 Å². The van der Waals surface area contributed by atoms with E-state index in [4.69, 9.17) is 20.4 Å². The minimum Gasteiger partial charge on any atom is -0.369 e. The Bertz CT molecular complexity index is 1510. The van der Waals surface area contributed by atoms with Crippen LogP contribution in [0.3, 0.4) is 0 Å². The van der Waals surface area contributed by atoms with Crippen molar-refractivity contribution in [1.82, 2.24) is 27.9 Å². The highest BCUT2D eigenvalue weighted by Crippen LogP contribution is 2.39. The SMILES string of the molecule is CN1CCN(Cc2ccc3cc(N4CCc5c(-c6cnc(N)nc6)nc(N(C)CCOCI)nc54)ccc3c2)C[I+]1. The maximum atomic E-state index is 5.78. The van der Waals surface area contributed by atoms with Crippen molar-refractivity contribution in [2.24, 2.45) is 0 Å². The summed E-state index contributed by atoms with van der Waals surface area (Å²) in [6.45, 7) is 5.48. The number of ether oxygens (including phenoxy) is 1. The summed E-state index contributed by atoms with van der Waals surface area (Å²) >= 11 is 2.35. The second kappa shape index (κ2) is 12.9. The number of rotatable bonds is 9. The summed E-state index contributed by atoms with van der Waals surface area (Å²) in [7, 11) is 4.25. The van der Waals surface area contributed by atoms with Gasteiger partial charge in [-0.25, -0.2) is 15.0 Å². The van der Waals surface area contributed by atoms with E-state index in [0.29, 0.717) is 23.7 Å². The molecule has 12 heteroatoms. The molecular formula is C29H34I2N9O+. The van der Waals surface area contributed by atoms with Crippen molar-refractivity contribution in [3.63, 3.8) is 0 Å². The Morgan fingerprint density at radius 2 is 1.85 bits per heavy atom. The number of aromatic nitrogens is 4. The monoisotopic (exact) mass is 778 g/mol. The number of hydrogen-bond acceptors (Lipinski definition) is 10. The van der Waals surface area contributed by atoms with Crippen LogP contribution in [0, 0.1) is 0 Å². The average molecular weight is 778 g/mol. The third kappa shape index (κ3) is 6.50. The number of hydrogen-bond donors (Lipinski definition) is 1. The molecule has 214 valence electrons. The minimum atomic E-state index is 0.137. The van der Waals surface area contributed by atoms with Gasteiger partial charge in [-0.05, 0) is 41.0 Å². The Morgan fingerprint density at radius 3 is 2.63 bits per heavy atom. The summed E-state index contributed by atoms with van der Waals surface area (Å²) in [5, 5.41) is 2.51. The summed E-state index contributed by atoms with van der Waals surface area (Å²) in [6.07, 6.45) is 4.32. The standard InChI is InChI=1S/C29H34I2N9O/c1-37(11-12-41-18-30)29-35-26(23-15-33-28(32)34-16-23)25-7-8-40(27(25)36-29)24-6-5-21-13-20(3-4-22(21)14-24)17-39-10-9-38(2)31-19-39/h3-6,13-16H,7-12,17-19H2,1-2H3,(H2,32,33,34)/q+1. The highest BCUT2D eigenvalue weighted by atomic mass is 127. The van der Waals surface area contributed by atoms with Crippen LogP contribution in [-0.4, -0.2) is 84.0 Å². The topological polar surface area (TPSA) is 99.8 Å². The largest absolute Gasteiger partial charge is 0.404 e. The summed E-state index contributed by atoms with van der Waals surface area (Å²) < 4.78 is 9.96. The molecule has 2 aromatic carbocycles. The fourth-order valence-electron chi connectivity index (χ4n) is 5.21. The third-order valence-corrected chi connectivity index (χ3v) is 10.9. The van der Waals surface area contributed by atoms with Crippen molar-refractivity contribution in [3.8, 4) is 11.3 Å². The first-order valence-electron chi connectivity index (χ1n) is 13.7. The molecule has 0 aliphatic carbocycles. The minimum absolute atomic E-state index is 0.137. The summed E-state index contributed by atoms with van der Waals surface area (Å²) in [6, 6.07) is 13.6. The Labute approximate surface area is 265 Å². The lowest BCUT2D eigenvalue weighted by molar-refractivity contribution is -0.820. The smallest absolute Gasteiger partial charge is 0.369 e. The van der Waals surface area contributed by atoms with E-state index in [1.165, 1.54) is 27.4 Å². The first-order valence-corrected chi connectivity index (χ1v) is 17.7. The van der Waals surface area contributed by atoms with Crippen LogP contribution < -0.4 is 37.0 Å². The predicted octanol–water partition coefficient (Wildman–Crippen LogP) is 0.917. The molecule has 0 unspecified atom stereocenters. The molecule has 2 aliphatic rings. The molecule has 0 radical (unpaired) electrons. The molecule has 10 nitrogen and oxygen atoms in total. The van der Waals surface area contributed by atoms with E-state index in [1.807, 2.05) is 11.9 Å². The van der Waals surface area contributed by atoms with E-state index in [1.54, 1.807) is 12.4 Å². The van der Waals surface area contributed by atoms with Crippen LogP contribution in [0.4, 0.5) is 23.4 Å². The Kier molecular flexibility index (Phi) is 9.00. The highest BCUT2D eigenvalue weighted by Gasteiger charge is 2.29. The zero-order chi connectivity index (χ0) is 28.3. The maximum absolute atomic E-state index is 5.78. The molecule has 2 aliphatic heterocycles. The first-order chi connectivity index (χ1) is 20.0. The van der Waals surface area contributed by atoms with E-state index in [-0.39, 0.29) is 27.4 Å². The lowest BCUT2D eigenvalue weighted by atomic mass is 10.1. The van der Waals surface area contributed by atoms with Crippen molar-refractivity contribution in [2.75, 3.05) is 71.6 Å². The van der Waals surface area contributed by atoms with Crippen LogP contribution in [0.25, 0.3) is 22.0 Å². The predicted molar refractivity (Wildman–Crippen MR) is 168 cm³/mol. The van der Waals surface area contributed by atoms with Crippen LogP contribution in [0.1, 0.15) is 11.1 Å². The lowest BCUT2D eigenvalue weighted by Gasteiger charge is -2.23. The number of nitrogen functional groups attached to an aromatic ring is 1. The van der Waals surface area contributed by atoms with Crippen LogP contribution in [0.15, 0.2) is 48.8 Å². The first kappa shape index (κ1) is 28.7. The van der Waals surface area contributed by atoms with E-state index in [2.05, 4.69) is 88.9 Å². The molecule has 0 atom stereocenters. The van der Waals surface area contributed by atoms with Crippen molar-refractivity contribution in [1.29, 1.82) is 0 Å². The van der Waals surface area contributed by atoms with Gasteiger partial charge in [-0.2, -0.15) is 4.98 Å². The molecule has 4 heterocycles. The molecule has 1 saturated heterocycles. The number of anilines is 4. The number of nitrogens with two attached hydrogens (primary N) is 1. The maximum Gasteiger partial charge on any atom is 0.404 e.